The second-order valence-electron chi connectivity index (χ2n) is 6.34. The van der Waals surface area contributed by atoms with Crippen molar-refractivity contribution in [1.29, 1.82) is 0 Å². The van der Waals surface area contributed by atoms with Gasteiger partial charge in [0.25, 0.3) is 0 Å². The Morgan fingerprint density at radius 1 is 1.19 bits per heavy atom. The van der Waals surface area contributed by atoms with Gasteiger partial charge in [0.05, 0.1) is 18.5 Å². The lowest BCUT2D eigenvalue weighted by Crippen LogP contribution is -2.44. The molecule has 0 saturated carbocycles. The van der Waals surface area contributed by atoms with Gasteiger partial charge in [0, 0.05) is 12.1 Å². The summed E-state index contributed by atoms with van der Waals surface area (Å²) in [5, 5.41) is 8.90. The van der Waals surface area contributed by atoms with Gasteiger partial charge in [0.15, 0.2) is 0 Å². The minimum Gasteiger partial charge on any atom is -0.481 e. The van der Waals surface area contributed by atoms with Crippen LogP contribution < -0.4 is 5.73 Å². The van der Waals surface area contributed by atoms with Crippen LogP contribution in [-0.2, 0) is 9.59 Å². The molecular formula is C20H18F2N2O3. The van der Waals surface area contributed by atoms with Crippen LogP contribution in [0.4, 0.5) is 8.78 Å². The third kappa shape index (κ3) is 4.03. The summed E-state index contributed by atoms with van der Waals surface area (Å²) in [6.45, 7) is 0.00604. The first-order valence-electron chi connectivity index (χ1n) is 8.35. The van der Waals surface area contributed by atoms with Gasteiger partial charge in [0.1, 0.15) is 11.6 Å². The smallest absolute Gasteiger partial charge is 0.305 e. The number of benzene rings is 2. The highest BCUT2D eigenvalue weighted by molar-refractivity contribution is 5.89. The fourth-order valence-electron chi connectivity index (χ4n) is 3.16. The van der Waals surface area contributed by atoms with Crippen molar-refractivity contribution in [3.8, 4) is 0 Å². The molecule has 0 bridgehead atoms. The minimum absolute atomic E-state index is 0.00604. The number of hydrogen-bond acceptors (Lipinski definition) is 3. The summed E-state index contributed by atoms with van der Waals surface area (Å²) < 4.78 is 27.8. The number of carbonyl (C=O) groups excluding carboxylic acids is 1. The Kier molecular flexibility index (Phi) is 5.32. The van der Waals surface area contributed by atoms with Crippen molar-refractivity contribution < 1.29 is 23.5 Å². The molecule has 7 heteroatoms. The van der Waals surface area contributed by atoms with Gasteiger partial charge in [-0.2, -0.15) is 0 Å². The van der Waals surface area contributed by atoms with Gasteiger partial charge in [-0.05, 0) is 29.3 Å². The number of carbonyl (C=O) groups is 2. The fraction of sp³-hybridized carbons (Fsp3) is 0.200. The van der Waals surface area contributed by atoms with Crippen molar-refractivity contribution >= 4 is 17.4 Å². The molecule has 3 N–H and O–H groups in total. The average molecular weight is 372 g/mol. The van der Waals surface area contributed by atoms with E-state index in [9.17, 15) is 18.4 Å². The van der Waals surface area contributed by atoms with Gasteiger partial charge < -0.3 is 15.7 Å². The van der Waals surface area contributed by atoms with E-state index in [4.69, 9.17) is 10.8 Å². The first-order chi connectivity index (χ1) is 12.9. The second kappa shape index (κ2) is 7.67. The van der Waals surface area contributed by atoms with Gasteiger partial charge >= 0.3 is 5.97 Å². The Labute approximate surface area is 154 Å². The summed E-state index contributed by atoms with van der Waals surface area (Å²) >= 11 is 0. The number of carboxylic acid groups (broad SMARTS) is 1. The van der Waals surface area contributed by atoms with E-state index in [0.29, 0.717) is 5.57 Å². The van der Waals surface area contributed by atoms with E-state index in [1.54, 1.807) is 30.3 Å². The lowest BCUT2D eigenvalue weighted by Gasteiger charge is -2.27. The molecule has 1 aliphatic heterocycles. The number of aliphatic carboxylic acids is 1. The van der Waals surface area contributed by atoms with Crippen LogP contribution in [-0.4, -0.2) is 34.5 Å². The van der Waals surface area contributed by atoms with Gasteiger partial charge in [-0.15, -0.1) is 0 Å². The van der Waals surface area contributed by atoms with E-state index in [0.717, 1.165) is 23.8 Å². The number of hydrogen-bond donors (Lipinski definition) is 2. The van der Waals surface area contributed by atoms with Crippen molar-refractivity contribution in [2.75, 3.05) is 6.54 Å². The number of rotatable bonds is 5. The normalized spacial score (nSPS) is 17.5. The molecular weight excluding hydrogens is 354 g/mol. The maximum absolute atomic E-state index is 14.2. The first kappa shape index (κ1) is 18.7. The summed E-state index contributed by atoms with van der Waals surface area (Å²) in [5.74, 6) is -2.93. The molecule has 0 aliphatic carbocycles. The maximum atomic E-state index is 14.2. The maximum Gasteiger partial charge on any atom is 0.305 e. The topological polar surface area (TPSA) is 83.6 Å². The number of nitrogens with two attached hydrogens (primary N) is 1. The molecule has 1 amide bonds. The largest absolute Gasteiger partial charge is 0.481 e. The highest BCUT2D eigenvalue weighted by Crippen LogP contribution is 2.36. The number of carboxylic acids is 1. The molecule has 0 spiro atoms. The third-order valence-electron chi connectivity index (χ3n) is 4.45. The number of halogens is 2. The molecule has 27 heavy (non-hydrogen) atoms. The summed E-state index contributed by atoms with van der Waals surface area (Å²) in [4.78, 5) is 25.0. The second-order valence-corrected chi connectivity index (χ2v) is 6.34. The quantitative estimate of drug-likeness (QED) is 0.845. The van der Waals surface area contributed by atoms with Crippen molar-refractivity contribution in [2.24, 2.45) is 5.73 Å². The molecule has 1 aliphatic rings. The fourth-order valence-corrected chi connectivity index (χ4v) is 3.16. The van der Waals surface area contributed by atoms with E-state index >= 15 is 0 Å². The molecule has 0 radical (unpaired) electrons. The molecule has 0 saturated heterocycles. The third-order valence-corrected chi connectivity index (χ3v) is 4.45. The standard InChI is InChI=1S/C20H18F2N2O3/c21-14-6-7-16(22)15(9-14)13-8-18(12-4-2-1-3-5-12)24(11-13)20(27)17(23)10-19(25)26/h1-9,17-18H,10-11,23H2,(H,25,26)/t17-,18?/m0/s1. The predicted molar refractivity (Wildman–Crippen MR) is 95.5 cm³/mol. The van der Waals surface area contributed by atoms with Crippen molar-refractivity contribution in [3.63, 3.8) is 0 Å². The molecule has 1 unspecified atom stereocenters. The van der Waals surface area contributed by atoms with Crippen LogP contribution in [0.1, 0.15) is 23.6 Å². The molecule has 2 aromatic rings. The Morgan fingerprint density at radius 3 is 2.56 bits per heavy atom. The van der Waals surface area contributed by atoms with E-state index in [2.05, 4.69) is 0 Å². The predicted octanol–water partition coefficient (Wildman–Crippen LogP) is 2.73. The van der Waals surface area contributed by atoms with E-state index in [-0.39, 0.29) is 12.1 Å². The Hall–Kier alpha value is -3.06. The van der Waals surface area contributed by atoms with E-state index in [1.807, 2.05) is 6.07 Å². The first-order valence-corrected chi connectivity index (χ1v) is 8.35. The molecule has 0 fully saturated rings. The molecule has 0 aromatic heterocycles. The molecule has 2 aromatic carbocycles. The Bertz CT molecular complexity index is 899. The van der Waals surface area contributed by atoms with Gasteiger partial charge in [0.2, 0.25) is 5.91 Å². The zero-order chi connectivity index (χ0) is 19.6. The van der Waals surface area contributed by atoms with Crippen molar-refractivity contribution in [1.82, 2.24) is 4.90 Å². The number of amides is 1. The van der Waals surface area contributed by atoms with Gasteiger partial charge in [-0.25, -0.2) is 8.78 Å². The van der Waals surface area contributed by atoms with Crippen LogP contribution in [0.5, 0.6) is 0 Å². The van der Waals surface area contributed by atoms with Crippen LogP contribution in [0.25, 0.3) is 5.57 Å². The molecule has 2 atom stereocenters. The summed E-state index contributed by atoms with van der Waals surface area (Å²) in [5.41, 5.74) is 7.02. The lowest BCUT2D eigenvalue weighted by molar-refractivity contribution is -0.142. The Morgan fingerprint density at radius 2 is 1.89 bits per heavy atom. The highest BCUT2D eigenvalue weighted by atomic mass is 19.1. The minimum atomic E-state index is -1.22. The van der Waals surface area contributed by atoms with Crippen molar-refractivity contribution in [3.05, 3.63) is 77.4 Å². The lowest BCUT2D eigenvalue weighted by atomic mass is 10.0. The van der Waals surface area contributed by atoms with Gasteiger partial charge in [-0.1, -0.05) is 36.4 Å². The zero-order valence-corrected chi connectivity index (χ0v) is 14.3. The van der Waals surface area contributed by atoms with Gasteiger partial charge in [-0.3, -0.25) is 9.59 Å². The SMILES string of the molecule is N[C@@H](CC(=O)O)C(=O)N1CC(c2cc(F)ccc2F)=CC1c1ccccc1. The van der Waals surface area contributed by atoms with Crippen LogP contribution in [0, 0.1) is 11.6 Å². The summed E-state index contributed by atoms with van der Waals surface area (Å²) in [7, 11) is 0. The van der Waals surface area contributed by atoms with E-state index in [1.165, 1.54) is 4.90 Å². The van der Waals surface area contributed by atoms with Crippen LogP contribution in [0.15, 0.2) is 54.6 Å². The average Bonchev–Trinajstić information content (AvgIpc) is 3.08. The molecule has 1 heterocycles. The molecule has 3 rings (SSSR count). The Balaban J connectivity index is 1.98. The summed E-state index contributed by atoms with van der Waals surface area (Å²) in [6.07, 6.45) is 1.17. The van der Waals surface area contributed by atoms with E-state index < -0.39 is 42.0 Å². The zero-order valence-electron chi connectivity index (χ0n) is 14.3. The molecule has 140 valence electrons. The monoisotopic (exact) mass is 372 g/mol. The summed E-state index contributed by atoms with van der Waals surface area (Å²) in [6, 6.07) is 10.4. The molecule has 5 nitrogen and oxygen atoms in total. The number of nitrogens with zero attached hydrogens (tertiary/aromatic N) is 1. The van der Waals surface area contributed by atoms with Crippen LogP contribution in [0.3, 0.4) is 0 Å². The van der Waals surface area contributed by atoms with Crippen LogP contribution >= 0.6 is 0 Å². The highest BCUT2D eigenvalue weighted by Gasteiger charge is 2.34. The van der Waals surface area contributed by atoms with Crippen LogP contribution in [0.2, 0.25) is 0 Å². The van der Waals surface area contributed by atoms with Crippen molar-refractivity contribution in [2.45, 2.75) is 18.5 Å².